The van der Waals surface area contributed by atoms with E-state index in [0.29, 0.717) is 12.1 Å². The number of aromatic nitrogens is 2. The van der Waals surface area contributed by atoms with Crippen LogP contribution < -0.4 is 5.32 Å². The minimum absolute atomic E-state index is 0.335. The third-order valence-corrected chi connectivity index (χ3v) is 3.26. The van der Waals surface area contributed by atoms with E-state index in [1.807, 2.05) is 6.92 Å². The van der Waals surface area contributed by atoms with E-state index >= 15 is 0 Å². The van der Waals surface area contributed by atoms with Crippen molar-refractivity contribution in [3.8, 4) is 0 Å². The molecule has 0 radical (unpaired) electrons. The molecule has 0 amide bonds. The van der Waals surface area contributed by atoms with Crippen LogP contribution in [-0.4, -0.2) is 16.8 Å². The minimum Gasteiger partial charge on any atom is -0.308 e. The second kappa shape index (κ2) is 5.85. The molecule has 0 bridgehead atoms. The van der Waals surface area contributed by atoms with Gasteiger partial charge in [-0.15, -0.1) is 0 Å². The maximum Gasteiger partial charge on any atom is 0.419 e. The molecule has 0 aliphatic carbocycles. The summed E-state index contributed by atoms with van der Waals surface area (Å²) in [6.07, 6.45) is -3.14. The molecule has 1 aromatic heterocycles. The van der Waals surface area contributed by atoms with Crippen LogP contribution in [0.3, 0.4) is 0 Å². The topological polar surface area (TPSA) is 29.9 Å². The number of rotatable bonds is 4. The van der Waals surface area contributed by atoms with Crippen molar-refractivity contribution in [3.05, 3.63) is 53.1 Å². The monoisotopic (exact) mass is 301 g/mol. The second-order valence-corrected chi connectivity index (χ2v) is 4.53. The first-order valence-corrected chi connectivity index (χ1v) is 6.44. The zero-order valence-corrected chi connectivity index (χ0v) is 11.6. The highest BCUT2D eigenvalue weighted by Crippen LogP contribution is 2.34. The Bertz CT molecular complexity index is 619. The van der Waals surface area contributed by atoms with Crippen molar-refractivity contribution in [2.75, 3.05) is 7.05 Å². The number of hydrogen-bond donors (Lipinski definition) is 1. The van der Waals surface area contributed by atoms with Gasteiger partial charge in [0.25, 0.3) is 0 Å². The quantitative estimate of drug-likeness (QED) is 0.878. The molecule has 2 rings (SSSR count). The van der Waals surface area contributed by atoms with Crippen LogP contribution in [0.2, 0.25) is 0 Å². The van der Waals surface area contributed by atoms with E-state index in [0.717, 1.165) is 17.8 Å². The van der Waals surface area contributed by atoms with Crippen molar-refractivity contribution >= 4 is 0 Å². The van der Waals surface area contributed by atoms with Crippen LogP contribution in [0.25, 0.3) is 0 Å². The number of aryl methyl sites for hydroxylation is 1. The fourth-order valence-corrected chi connectivity index (χ4v) is 2.28. The third kappa shape index (κ3) is 3.07. The lowest BCUT2D eigenvalue weighted by Crippen LogP contribution is -2.22. The van der Waals surface area contributed by atoms with Crippen molar-refractivity contribution < 1.29 is 17.6 Å². The minimum atomic E-state index is -4.72. The Kier molecular flexibility index (Phi) is 4.32. The molecule has 114 valence electrons. The number of nitrogens with zero attached hydrogens (tertiary/aromatic N) is 2. The normalized spacial score (nSPS) is 13.4. The summed E-state index contributed by atoms with van der Waals surface area (Å²) in [5, 5.41) is 7.04. The summed E-state index contributed by atoms with van der Waals surface area (Å²) in [6, 6.07) is 4.26. The molecule has 1 aromatic carbocycles. The van der Waals surface area contributed by atoms with E-state index in [2.05, 4.69) is 10.4 Å². The van der Waals surface area contributed by atoms with E-state index in [9.17, 15) is 17.6 Å². The summed E-state index contributed by atoms with van der Waals surface area (Å²) < 4.78 is 53.5. The summed E-state index contributed by atoms with van der Waals surface area (Å²) in [5.41, 5.74) is -0.205. The Labute approximate surface area is 119 Å². The highest BCUT2D eigenvalue weighted by atomic mass is 19.4. The van der Waals surface area contributed by atoms with Crippen molar-refractivity contribution in [2.45, 2.75) is 25.7 Å². The molecule has 1 N–H and O–H groups in total. The summed E-state index contributed by atoms with van der Waals surface area (Å²) in [5.74, 6) is -1.27. The highest BCUT2D eigenvalue weighted by Gasteiger charge is 2.35. The molecule has 0 saturated carbocycles. The maximum atomic E-state index is 13.4. The Morgan fingerprint density at radius 1 is 1.29 bits per heavy atom. The van der Waals surface area contributed by atoms with Crippen molar-refractivity contribution in [1.29, 1.82) is 0 Å². The summed E-state index contributed by atoms with van der Waals surface area (Å²) in [6.45, 7) is 2.48. The van der Waals surface area contributed by atoms with Gasteiger partial charge in [-0.1, -0.05) is 6.07 Å². The average molecular weight is 301 g/mol. The van der Waals surface area contributed by atoms with Crippen LogP contribution in [0.1, 0.15) is 29.8 Å². The van der Waals surface area contributed by atoms with Gasteiger partial charge in [0.15, 0.2) is 0 Å². The average Bonchev–Trinajstić information content (AvgIpc) is 2.88. The number of hydrogen-bond acceptors (Lipinski definition) is 2. The summed E-state index contributed by atoms with van der Waals surface area (Å²) in [4.78, 5) is 0. The molecule has 21 heavy (non-hydrogen) atoms. The van der Waals surface area contributed by atoms with Crippen molar-refractivity contribution in [2.24, 2.45) is 0 Å². The van der Waals surface area contributed by atoms with Crippen LogP contribution in [0.4, 0.5) is 17.6 Å². The van der Waals surface area contributed by atoms with Gasteiger partial charge in [0, 0.05) is 12.7 Å². The van der Waals surface area contributed by atoms with E-state index in [4.69, 9.17) is 0 Å². The number of alkyl halides is 3. The zero-order chi connectivity index (χ0) is 15.6. The van der Waals surface area contributed by atoms with Crippen molar-refractivity contribution in [1.82, 2.24) is 15.1 Å². The molecule has 7 heteroatoms. The molecule has 1 atom stereocenters. The fraction of sp³-hybridized carbons (Fsp3) is 0.357. The molecule has 2 aromatic rings. The lowest BCUT2D eigenvalue weighted by atomic mass is 10.0. The van der Waals surface area contributed by atoms with Gasteiger partial charge >= 0.3 is 6.18 Å². The van der Waals surface area contributed by atoms with Crippen LogP contribution in [0, 0.1) is 5.82 Å². The summed E-state index contributed by atoms with van der Waals surface area (Å²) >= 11 is 0. The molecular weight excluding hydrogens is 286 g/mol. The lowest BCUT2D eigenvalue weighted by molar-refractivity contribution is -0.140. The molecule has 0 spiro atoms. The number of nitrogens with one attached hydrogen (secondary N) is 1. The smallest absolute Gasteiger partial charge is 0.308 e. The van der Waals surface area contributed by atoms with Gasteiger partial charge in [-0.2, -0.15) is 18.3 Å². The predicted molar refractivity (Wildman–Crippen MR) is 70.2 cm³/mol. The molecular formula is C14H15F4N3. The largest absolute Gasteiger partial charge is 0.419 e. The zero-order valence-electron chi connectivity index (χ0n) is 11.6. The second-order valence-electron chi connectivity index (χ2n) is 4.53. The van der Waals surface area contributed by atoms with Crippen LogP contribution in [0.5, 0.6) is 0 Å². The Hall–Kier alpha value is -1.89. The highest BCUT2D eigenvalue weighted by molar-refractivity contribution is 5.33. The maximum absolute atomic E-state index is 13.4. The molecule has 1 heterocycles. The molecule has 1 unspecified atom stereocenters. The van der Waals surface area contributed by atoms with Gasteiger partial charge in [-0.3, -0.25) is 4.68 Å². The number of benzene rings is 1. The van der Waals surface area contributed by atoms with Gasteiger partial charge < -0.3 is 5.32 Å². The summed E-state index contributed by atoms with van der Waals surface area (Å²) in [7, 11) is 1.63. The van der Waals surface area contributed by atoms with E-state index in [1.165, 1.54) is 6.07 Å². The first kappa shape index (κ1) is 15.5. The predicted octanol–water partition coefficient (Wildman–Crippen LogP) is 3.37. The Balaban J connectivity index is 2.49. The molecule has 0 aliphatic rings. The van der Waals surface area contributed by atoms with Gasteiger partial charge in [0.2, 0.25) is 0 Å². The lowest BCUT2D eigenvalue weighted by Gasteiger charge is -2.19. The number of halogens is 4. The molecule has 3 nitrogen and oxygen atoms in total. The van der Waals surface area contributed by atoms with E-state index in [1.54, 1.807) is 24.0 Å². The fourth-order valence-electron chi connectivity index (χ4n) is 2.28. The Morgan fingerprint density at radius 2 is 2.00 bits per heavy atom. The first-order chi connectivity index (χ1) is 9.88. The van der Waals surface area contributed by atoms with Gasteiger partial charge in [0.05, 0.1) is 17.3 Å². The molecule has 0 fully saturated rings. The Morgan fingerprint density at radius 3 is 2.57 bits per heavy atom. The van der Waals surface area contributed by atoms with Crippen LogP contribution >= 0.6 is 0 Å². The molecule has 0 saturated heterocycles. The van der Waals surface area contributed by atoms with Gasteiger partial charge in [-0.05, 0) is 37.7 Å². The first-order valence-electron chi connectivity index (χ1n) is 6.44. The van der Waals surface area contributed by atoms with Crippen LogP contribution in [0.15, 0.2) is 30.5 Å². The third-order valence-electron chi connectivity index (χ3n) is 3.26. The SMILES string of the molecule is CCn1nccc1C(NC)c1ccc(F)c(C(F)(F)F)c1. The standard InChI is InChI=1S/C14H15F4N3/c1-3-21-12(6-7-20-21)13(19-2)9-4-5-11(15)10(8-9)14(16,17)18/h4-8,13,19H,3H2,1-2H3. The van der Waals surface area contributed by atoms with E-state index < -0.39 is 23.6 Å². The van der Waals surface area contributed by atoms with E-state index in [-0.39, 0.29) is 0 Å². The van der Waals surface area contributed by atoms with Crippen molar-refractivity contribution in [3.63, 3.8) is 0 Å². The molecule has 0 aliphatic heterocycles. The van der Waals surface area contributed by atoms with Gasteiger partial charge in [0.1, 0.15) is 5.82 Å². The van der Waals surface area contributed by atoms with Gasteiger partial charge in [-0.25, -0.2) is 4.39 Å². The van der Waals surface area contributed by atoms with Crippen LogP contribution in [-0.2, 0) is 12.7 Å².